The number of nitriles is 1. The number of carbonyl (C=O) groups excluding carboxylic acids is 2. The summed E-state index contributed by atoms with van der Waals surface area (Å²) in [4.78, 5) is 23.6. The second kappa shape index (κ2) is 7.60. The van der Waals surface area contributed by atoms with Gasteiger partial charge >= 0.3 is 0 Å². The second-order valence-electron chi connectivity index (χ2n) is 5.89. The lowest BCUT2D eigenvalue weighted by atomic mass is 10.0. The van der Waals surface area contributed by atoms with Gasteiger partial charge in [-0.1, -0.05) is 25.0 Å². The number of amides is 2. The number of carbonyl (C=O) groups is 2. The van der Waals surface area contributed by atoms with Crippen LogP contribution in [-0.4, -0.2) is 17.9 Å². The van der Waals surface area contributed by atoms with Crippen LogP contribution in [0.1, 0.15) is 43.2 Å². The number of primary amides is 1. The van der Waals surface area contributed by atoms with Crippen molar-refractivity contribution in [1.82, 2.24) is 5.32 Å². The Bertz CT molecular complexity index is 586. The quantitative estimate of drug-likeness (QED) is 0.836. The zero-order chi connectivity index (χ0) is 15.9. The topological polar surface area (TPSA) is 96.0 Å². The Balaban J connectivity index is 1.95. The Hall–Kier alpha value is -2.35. The summed E-state index contributed by atoms with van der Waals surface area (Å²) in [5.41, 5.74) is 6.73. The van der Waals surface area contributed by atoms with Gasteiger partial charge in [-0.15, -0.1) is 0 Å². The van der Waals surface area contributed by atoms with E-state index in [4.69, 9.17) is 11.0 Å². The van der Waals surface area contributed by atoms with Crippen LogP contribution in [0.4, 0.5) is 0 Å². The molecule has 5 heteroatoms. The van der Waals surface area contributed by atoms with Crippen molar-refractivity contribution in [2.45, 2.75) is 44.6 Å². The molecule has 0 saturated heterocycles. The summed E-state index contributed by atoms with van der Waals surface area (Å²) in [6.45, 7) is 0. The Morgan fingerprint density at radius 2 is 2.09 bits per heavy atom. The largest absolute Gasteiger partial charge is 0.368 e. The fraction of sp³-hybridized carbons (Fsp3) is 0.471. The molecule has 0 bridgehead atoms. The van der Waals surface area contributed by atoms with Crippen LogP contribution in [0.25, 0.3) is 0 Å². The van der Waals surface area contributed by atoms with Crippen LogP contribution in [0.5, 0.6) is 0 Å². The SMILES string of the molecule is N#Cc1cccc(C[C@H](NC(=O)CC2CCCC2)C(N)=O)c1. The first-order valence-electron chi connectivity index (χ1n) is 7.66. The summed E-state index contributed by atoms with van der Waals surface area (Å²) in [5, 5.41) is 11.6. The first kappa shape index (κ1) is 16.0. The molecule has 116 valence electrons. The zero-order valence-electron chi connectivity index (χ0n) is 12.5. The maximum atomic E-state index is 12.1. The van der Waals surface area contributed by atoms with Gasteiger partial charge in [-0.3, -0.25) is 9.59 Å². The number of benzene rings is 1. The van der Waals surface area contributed by atoms with E-state index in [9.17, 15) is 9.59 Å². The van der Waals surface area contributed by atoms with E-state index in [1.54, 1.807) is 18.2 Å². The van der Waals surface area contributed by atoms with Gasteiger partial charge in [0.05, 0.1) is 11.6 Å². The predicted molar refractivity (Wildman–Crippen MR) is 82.6 cm³/mol. The molecule has 0 spiro atoms. The fourth-order valence-corrected chi connectivity index (χ4v) is 2.96. The summed E-state index contributed by atoms with van der Waals surface area (Å²) < 4.78 is 0. The maximum Gasteiger partial charge on any atom is 0.240 e. The fourth-order valence-electron chi connectivity index (χ4n) is 2.96. The number of nitrogens with two attached hydrogens (primary N) is 1. The van der Waals surface area contributed by atoms with Crippen molar-refractivity contribution in [3.63, 3.8) is 0 Å². The summed E-state index contributed by atoms with van der Waals surface area (Å²) in [6, 6.07) is 8.30. The van der Waals surface area contributed by atoms with Gasteiger partial charge in [-0.05, 0) is 36.5 Å². The monoisotopic (exact) mass is 299 g/mol. The van der Waals surface area contributed by atoms with E-state index < -0.39 is 11.9 Å². The Labute approximate surface area is 130 Å². The second-order valence-corrected chi connectivity index (χ2v) is 5.89. The van der Waals surface area contributed by atoms with Crippen molar-refractivity contribution in [2.24, 2.45) is 11.7 Å². The number of hydrogen-bond donors (Lipinski definition) is 2. The predicted octanol–water partition coefficient (Wildman–Crippen LogP) is 1.65. The van der Waals surface area contributed by atoms with Crippen LogP contribution in [0.3, 0.4) is 0 Å². The Kier molecular flexibility index (Phi) is 5.54. The molecule has 2 amide bonds. The third-order valence-corrected chi connectivity index (χ3v) is 4.12. The summed E-state index contributed by atoms with van der Waals surface area (Å²) in [7, 11) is 0. The highest BCUT2D eigenvalue weighted by molar-refractivity contribution is 5.86. The van der Waals surface area contributed by atoms with Gasteiger partial charge in [0.15, 0.2) is 0 Å². The molecule has 0 aromatic heterocycles. The van der Waals surface area contributed by atoms with Crippen molar-refractivity contribution in [3.8, 4) is 6.07 Å². The Morgan fingerprint density at radius 3 is 2.73 bits per heavy atom. The molecule has 5 nitrogen and oxygen atoms in total. The lowest BCUT2D eigenvalue weighted by Crippen LogP contribution is -2.46. The van der Waals surface area contributed by atoms with E-state index in [2.05, 4.69) is 11.4 Å². The molecule has 2 rings (SSSR count). The van der Waals surface area contributed by atoms with Crippen molar-refractivity contribution in [2.75, 3.05) is 0 Å². The van der Waals surface area contributed by atoms with Crippen LogP contribution in [0, 0.1) is 17.2 Å². The number of nitrogens with zero attached hydrogens (tertiary/aromatic N) is 1. The third-order valence-electron chi connectivity index (χ3n) is 4.12. The molecule has 0 radical (unpaired) electrons. The summed E-state index contributed by atoms with van der Waals surface area (Å²) in [5.74, 6) is -0.246. The molecule has 1 aliphatic rings. The highest BCUT2D eigenvalue weighted by Gasteiger charge is 2.22. The van der Waals surface area contributed by atoms with Crippen molar-refractivity contribution in [3.05, 3.63) is 35.4 Å². The van der Waals surface area contributed by atoms with E-state index in [1.165, 1.54) is 12.8 Å². The highest BCUT2D eigenvalue weighted by atomic mass is 16.2. The molecular weight excluding hydrogens is 278 g/mol. The van der Waals surface area contributed by atoms with Gasteiger partial charge in [0.1, 0.15) is 6.04 Å². The summed E-state index contributed by atoms with van der Waals surface area (Å²) in [6.07, 6.45) is 5.29. The minimum absolute atomic E-state index is 0.118. The van der Waals surface area contributed by atoms with Crippen LogP contribution >= 0.6 is 0 Å². The van der Waals surface area contributed by atoms with E-state index in [-0.39, 0.29) is 5.91 Å². The van der Waals surface area contributed by atoms with Crippen molar-refractivity contribution in [1.29, 1.82) is 5.26 Å². The van der Waals surface area contributed by atoms with Crippen LogP contribution in [0.15, 0.2) is 24.3 Å². The minimum atomic E-state index is -0.733. The standard InChI is InChI=1S/C17H21N3O2/c18-11-14-7-3-6-13(8-14)9-15(17(19)22)20-16(21)10-12-4-1-2-5-12/h3,6-8,12,15H,1-2,4-5,9-10H2,(H2,19,22)(H,20,21)/t15-/m0/s1. The molecule has 0 aliphatic heterocycles. The van der Waals surface area contributed by atoms with E-state index >= 15 is 0 Å². The average molecular weight is 299 g/mol. The van der Waals surface area contributed by atoms with Gasteiger partial charge in [0.2, 0.25) is 11.8 Å². The molecule has 1 aliphatic carbocycles. The normalized spacial score (nSPS) is 16.0. The molecule has 1 aromatic rings. The molecular formula is C17H21N3O2. The minimum Gasteiger partial charge on any atom is -0.368 e. The van der Waals surface area contributed by atoms with Crippen molar-refractivity contribution < 1.29 is 9.59 Å². The highest BCUT2D eigenvalue weighted by Crippen LogP contribution is 2.27. The first-order chi connectivity index (χ1) is 10.6. The Morgan fingerprint density at radius 1 is 1.36 bits per heavy atom. The van der Waals surface area contributed by atoms with Crippen LogP contribution < -0.4 is 11.1 Å². The molecule has 1 fully saturated rings. The molecule has 3 N–H and O–H groups in total. The molecule has 1 aromatic carbocycles. The van der Waals surface area contributed by atoms with Gasteiger partial charge < -0.3 is 11.1 Å². The first-order valence-corrected chi connectivity index (χ1v) is 7.66. The van der Waals surface area contributed by atoms with E-state index in [0.29, 0.717) is 24.3 Å². The van der Waals surface area contributed by atoms with Gasteiger partial charge in [-0.25, -0.2) is 0 Å². The number of rotatable bonds is 6. The lowest BCUT2D eigenvalue weighted by Gasteiger charge is -2.17. The van der Waals surface area contributed by atoms with Crippen LogP contribution in [-0.2, 0) is 16.0 Å². The van der Waals surface area contributed by atoms with Gasteiger partial charge in [0.25, 0.3) is 0 Å². The molecule has 22 heavy (non-hydrogen) atoms. The summed E-state index contributed by atoms with van der Waals surface area (Å²) >= 11 is 0. The molecule has 0 unspecified atom stereocenters. The molecule has 1 saturated carbocycles. The molecule has 1 atom stereocenters. The van der Waals surface area contributed by atoms with E-state index in [1.807, 2.05) is 6.07 Å². The molecule has 0 heterocycles. The van der Waals surface area contributed by atoms with Crippen LogP contribution in [0.2, 0.25) is 0 Å². The zero-order valence-corrected chi connectivity index (χ0v) is 12.5. The van der Waals surface area contributed by atoms with Gasteiger partial charge in [-0.2, -0.15) is 5.26 Å². The average Bonchev–Trinajstić information content (AvgIpc) is 2.99. The van der Waals surface area contributed by atoms with Gasteiger partial charge in [0, 0.05) is 12.8 Å². The lowest BCUT2D eigenvalue weighted by molar-refractivity contribution is -0.127. The van der Waals surface area contributed by atoms with Crippen molar-refractivity contribution >= 4 is 11.8 Å². The smallest absolute Gasteiger partial charge is 0.240 e. The van der Waals surface area contributed by atoms with E-state index in [0.717, 1.165) is 18.4 Å². The number of nitrogens with one attached hydrogen (secondary N) is 1. The number of hydrogen-bond acceptors (Lipinski definition) is 3. The maximum absolute atomic E-state index is 12.1. The third kappa shape index (κ3) is 4.59.